The zero-order valence-electron chi connectivity index (χ0n) is 21.9. The topological polar surface area (TPSA) is 65.3 Å². The molecule has 41 heavy (non-hydrogen) atoms. The number of hydrogen-bond donors (Lipinski definition) is 0. The Balaban J connectivity index is 1.40. The van der Waals surface area contributed by atoms with Gasteiger partial charge in [0.05, 0.1) is 17.1 Å². The van der Waals surface area contributed by atoms with Crippen molar-refractivity contribution < 1.29 is 4.42 Å². The van der Waals surface area contributed by atoms with Crippen LogP contribution in [0.3, 0.4) is 0 Å². The van der Waals surface area contributed by atoms with Gasteiger partial charge in [0.2, 0.25) is 5.82 Å². The Bertz CT molecular complexity index is 2190. The van der Waals surface area contributed by atoms with Crippen molar-refractivity contribution in [1.82, 2.24) is 14.2 Å². The number of nitrogens with zero attached hydrogens (tertiary/aromatic N) is 4. The number of aromatic nitrogens is 3. The van der Waals surface area contributed by atoms with E-state index in [0.29, 0.717) is 39.6 Å². The molecule has 0 amide bonds. The number of para-hydroxylation sites is 2. The van der Waals surface area contributed by atoms with E-state index in [1.54, 1.807) is 12.3 Å². The smallest absolute Gasteiger partial charge is 0.282 e. The molecular weight excluding hydrogens is 600 g/mol. The van der Waals surface area contributed by atoms with Crippen LogP contribution in [0.4, 0.5) is 0 Å². The maximum absolute atomic E-state index is 13.8. The molecule has 8 heteroatoms. The molecule has 0 fully saturated rings. The Morgan fingerprint density at radius 3 is 2.54 bits per heavy atom. The van der Waals surface area contributed by atoms with Crippen LogP contribution < -0.4 is 5.56 Å². The van der Waals surface area contributed by atoms with Gasteiger partial charge in [-0.3, -0.25) is 4.79 Å². The summed E-state index contributed by atoms with van der Waals surface area (Å²) in [7, 11) is 0. The van der Waals surface area contributed by atoms with Gasteiger partial charge in [-0.2, -0.15) is 9.78 Å². The molecule has 0 saturated carbocycles. The molecule has 0 aliphatic heterocycles. The van der Waals surface area contributed by atoms with Crippen molar-refractivity contribution in [3.8, 4) is 11.6 Å². The molecule has 200 valence electrons. The predicted octanol–water partition coefficient (Wildman–Crippen LogP) is 8.42. The summed E-state index contributed by atoms with van der Waals surface area (Å²) in [5, 5.41) is 7.87. The first-order chi connectivity index (χ1) is 20.0. The summed E-state index contributed by atoms with van der Waals surface area (Å²) in [6, 6.07) is 31.0. The summed E-state index contributed by atoms with van der Waals surface area (Å²) < 4.78 is 10.7. The second kappa shape index (κ2) is 10.2. The molecule has 7 aromatic rings. The first-order valence-corrected chi connectivity index (χ1v) is 14.2. The van der Waals surface area contributed by atoms with Gasteiger partial charge < -0.3 is 8.98 Å². The van der Waals surface area contributed by atoms with Gasteiger partial charge in [0.15, 0.2) is 5.76 Å². The van der Waals surface area contributed by atoms with Gasteiger partial charge in [0.1, 0.15) is 5.58 Å². The van der Waals surface area contributed by atoms with E-state index >= 15 is 0 Å². The predicted molar refractivity (Wildman–Crippen MR) is 169 cm³/mol. The largest absolute Gasteiger partial charge is 0.453 e. The van der Waals surface area contributed by atoms with Gasteiger partial charge >= 0.3 is 0 Å². The lowest BCUT2D eigenvalue weighted by molar-refractivity contribution is 0.616. The van der Waals surface area contributed by atoms with Gasteiger partial charge in [0, 0.05) is 43.6 Å². The number of benzene rings is 4. The summed E-state index contributed by atoms with van der Waals surface area (Å²) in [6.07, 6.45) is 1.75. The quantitative estimate of drug-likeness (QED) is 0.181. The molecule has 0 radical (unpaired) electrons. The maximum atomic E-state index is 13.8. The second-order valence-electron chi connectivity index (χ2n) is 9.84. The highest BCUT2D eigenvalue weighted by atomic mass is 79.9. The van der Waals surface area contributed by atoms with Gasteiger partial charge in [-0.1, -0.05) is 70.0 Å². The van der Waals surface area contributed by atoms with Crippen LogP contribution in [-0.2, 0) is 6.54 Å². The zero-order valence-corrected chi connectivity index (χ0v) is 24.2. The number of fused-ring (bicyclic) bond motifs is 3. The summed E-state index contributed by atoms with van der Waals surface area (Å²) in [4.78, 5) is 18.6. The SMILES string of the molecule is Cc1c(C=Nn2c(-c3cc4cc(Br)ccc4o3)nc3ccccc3c2=O)c2ccccc2n1Cc1ccc(Cl)cc1. The Hall–Kier alpha value is -4.46. The Labute approximate surface area is 248 Å². The average Bonchev–Trinajstić information content (AvgIpc) is 3.52. The molecule has 0 unspecified atom stereocenters. The number of furan rings is 1. The highest BCUT2D eigenvalue weighted by Gasteiger charge is 2.18. The zero-order chi connectivity index (χ0) is 28.1. The average molecular weight is 622 g/mol. The molecular formula is C33H22BrClN4O2. The number of rotatable bonds is 5. The van der Waals surface area contributed by atoms with Crippen LogP contribution in [0.2, 0.25) is 5.02 Å². The van der Waals surface area contributed by atoms with Crippen molar-refractivity contribution in [2.45, 2.75) is 13.5 Å². The second-order valence-corrected chi connectivity index (χ2v) is 11.2. The van der Waals surface area contributed by atoms with Crippen molar-refractivity contribution in [3.63, 3.8) is 0 Å². The van der Waals surface area contributed by atoms with Crippen molar-refractivity contribution in [2.24, 2.45) is 5.10 Å². The molecule has 0 saturated heterocycles. The fourth-order valence-electron chi connectivity index (χ4n) is 5.23. The van der Waals surface area contributed by atoms with Crippen LogP contribution in [0, 0.1) is 6.92 Å². The minimum absolute atomic E-state index is 0.272. The third kappa shape index (κ3) is 4.57. The fraction of sp³-hybridized carbons (Fsp3) is 0.0606. The van der Waals surface area contributed by atoms with Gasteiger partial charge in [-0.05, 0) is 67.1 Å². The molecule has 3 heterocycles. The lowest BCUT2D eigenvalue weighted by Crippen LogP contribution is -2.20. The Morgan fingerprint density at radius 2 is 1.71 bits per heavy atom. The molecule has 6 nitrogen and oxygen atoms in total. The van der Waals surface area contributed by atoms with E-state index in [0.717, 1.165) is 37.6 Å². The van der Waals surface area contributed by atoms with Crippen molar-refractivity contribution in [1.29, 1.82) is 0 Å². The standard InChI is InChI=1S/C33H22BrClN4O2/c1-20-27(25-6-3-5-9-29(25)38(20)19-21-10-13-24(35)14-11-21)18-36-39-32(37-28-8-4-2-7-26(28)33(39)40)31-17-22-16-23(34)12-15-30(22)41-31/h2-18H,19H2,1H3. The lowest BCUT2D eigenvalue weighted by Gasteiger charge is -2.09. The van der Waals surface area contributed by atoms with Gasteiger partial charge in [-0.15, -0.1) is 0 Å². The van der Waals surface area contributed by atoms with E-state index in [1.165, 1.54) is 4.68 Å². The fourth-order valence-corrected chi connectivity index (χ4v) is 5.73. The summed E-state index contributed by atoms with van der Waals surface area (Å²) in [5.74, 6) is 0.791. The molecule has 0 spiro atoms. The van der Waals surface area contributed by atoms with Crippen LogP contribution in [0.15, 0.2) is 116 Å². The van der Waals surface area contributed by atoms with Gasteiger partial charge in [-0.25, -0.2) is 4.98 Å². The van der Waals surface area contributed by atoms with E-state index < -0.39 is 0 Å². The molecule has 0 bridgehead atoms. The minimum atomic E-state index is -0.272. The maximum Gasteiger partial charge on any atom is 0.282 e. The lowest BCUT2D eigenvalue weighted by atomic mass is 10.1. The number of halogens is 2. The molecule has 0 atom stereocenters. The van der Waals surface area contributed by atoms with Crippen molar-refractivity contribution in [3.05, 3.63) is 134 Å². The third-order valence-corrected chi connectivity index (χ3v) is 8.03. The van der Waals surface area contributed by atoms with Crippen LogP contribution in [0.1, 0.15) is 16.8 Å². The van der Waals surface area contributed by atoms with E-state index in [-0.39, 0.29) is 5.56 Å². The van der Waals surface area contributed by atoms with E-state index in [1.807, 2.05) is 78.9 Å². The summed E-state index contributed by atoms with van der Waals surface area (Å²) in [5.41, 5.74) is 5.17. The van der Waals surface area contributed by atoms with Crippen molar-refractivity contribution >= 4 is 66.5 Å². The highest BCUT2D eigenvalue weighted by molar-refractivity contribution is 9.10. The third-order valence-electron chi connectivity index (χ3n) is 7.29. The van der Waals surface area contributed by atoms with E-state index in [9.17, 15) is 4.79 Å². The van der Waals surface area contributed by atoms with E-state index in [2.05, 4.69) is 39.6 Å². The Kier molecular flexibility index (Phi) is 6.33. The molecule has 0 N–H and O–H groups in total. The van der Waals surface area contributed by atoms with Gasteiger partial charge in [0.25, 0.3) is 5.56 Å². The Morgan fingerprint density at radius 1 is 0.951 bits per heavy atom. The number of hydrogen-bond acceptors (Lipinski definition) is 4. The van der Waals surface area contributed by atoms with Crippen molar-refractivity contribution in [2.75, 3.05) is 0 Å². The molecule has 0 aliphatic carbocycles. The van der Waals surface area contributed by atoms with Crippen LogP contribution in [0.5, 0.6) is 0 Å². The first kappa shape index (κ1) is 25.5. The minimum Gasteiger partial charge on any atom is -0.453 e. The van der Waals surface area contributed by atoms with Crippen LogP contribution >= 0.6 is 27.5 Å². The summed E-state index contributed by atoms with van der Waals surface area (Å²) in [6.45, 7) is 2.74. The molecule has 4 aromatic carbocycles. The monoisotopic (exact) mass is 620 g/mol. The normalized spacial score (nSPS) is 11.9. The molecule has 3 aromatic heterocycles. The highest BCUT2D eigenvalue weighted by Crippen LogP contribution is 2.30. The van der Waals surface area contributed by atoms with Crippen LogP contribution in [0.25, 0.3) is 44.4 Å². The summed E-state index contributed by atoms with van der Waals surface area (Å²) >= 11 is 9.63. The van der Waals surface area contributed by atoms with Crippen LogP contribution in [-0.4, -0.2) is 20.4 Å². The molecule has 7 rings (SSSR count). The molecule has 0 aliphatic rings. The van der Waals surface area contributed by atoms with E-state index in [4.69, 9.17) is 26.1 Å². The first-order valence-electron chi connectivity index (χ1n) is 13.0.